The van der Waals surface area contributed by atoms with Crippen LogP contribution in [0.4, 0.5) is 17.6 Å². The minimum Gasteiger partial charge on any atom is -0.314 e. The van der Waals surface area contributed by atoms with Gasteiger partial charge in [0.2, 0.25) is 0 Å². The van der Waals surface area contributed by atoms with Gasteiger partial charge in [0.25, 0.3) is 0 Å². The molecule has 1 aromatic carbocycles. The number of nitrogens with one attached hydrogen (secondary N) is 1. The topological polar surface area (TPSA) is 15.3 Å². The van der Waals surface area contributed by atoms with Crippen LogP contribution in [0, 0.1) is 5.82 Å². The summed E-state index contributed by atoms with van der Waals surface area (Å²) < 4.78 is 51.9. The zero-order valence-corrected chi connectivity index (χ0v) is 11.4. The van der Waals surface area contributed by atoms with Gasteiger partial charge in [-0.2, -0.15) is 13.2 Å². The maximum Gasteiger partial charge on any atom is 0.390 e. The fourth-order valence-electron chi connectivity index (χ4n) is 2.43. The van der Waals surface area contributed by atoms with Crippen LogP contribution in [0.2, 0.25) is 5.02 Å². The van der Waals surface area contributed by atoms with E-state index in [1.807, 2.05) is 0 Å². The van der Waals surface area contributed by atoms with Crippen LogP contribution in [0.15, 0.2) is 18.2 Å². The fraction of sp³-hybridized carbons (Fsp3) is 0.538. The Morgan fingerprint density at radius 2 is 1.90 bits per heavy atom. The minimum absolute atomic E-state index is 0.200. The molecule has 112 valence electrons. The third-order valence-electron chi connectivity index (χ3n) is 3.36. The molecular weight excluding hydrogens is 296 g/mol. The Hall–Kier alpha value is -0.850. The van der Waals surface area contributed by atoms with E-state index in [2.05, 4.69) is 5.32 Å². The van der Waals surface area contributed by atoms with E-state index >= 15 is 0 Å². The van der Waals surface area contributed by atoms with E-state index in [1.165, 1.54) is 12.1 Å². The molecule has 1 heterocycles. The zero-order chi connectivity index (χ0) is 14.8. The van der Waals surface area contributed by atoms with Gasteiger partial charge in [0.1, 0.15) is 5.82 Å². The van der Waals surface area contributed by atoms with E-state index in [1.54, 1.807) is 4.90 Å². The second kappa shape index (κ2) is 6.28. The summed E-state index contributed by atoms with van der Waals surface area (Å²) in [4.78, 5) is 1.70. The number of halogens is 5. The number of alkyl halides is 3. The third-order valence-corrected chi connectivity index (χ3v) is 3.76. The van der Waals surface area contributed by atoms with E-state index in [0.29, 0.717) is 26.2 Å². The molecule has 0 amide bonds. The number of hydrogen-bond acceptors (Lipinski definition) is 2. The molecule has 0 saturated carbocycles. The molecular formula is C13H15ClF4N2. The lowest BCUT2D eigenvalue weighted by molar-refractivity contribution is -0.148. The summed E-state index contributed by atoms with van der Waals surface area (Å²) in [6, 6.07) is 3.06. The average Bonchev–Trinajstić information content (AvgIpc) is 2.40. The lowest BCUT2D eigenvalue weighted by atomic mass is 10.0. The fourth-order valence-corrected chi connectivity index (χ4v) is 2.68. The standard InChI is InChI=1S/C13H15ClF4N2/c14-12-9(2-1-3-10(12)15)11(8-13(16,17)18)20-6-4-19-5-7-20/h1-3,11,19H,4-8H2/t11-/m1/s1. The summed E-state index contributed by atoms with van der Waals surface area (Å²) in [5, 5.41) is 2.86. The molecule has 0 aliphatic carbocycles. The van der Waals surface area contributed by atoms with Crippen molar-refractivity contribution in [1.82, 2.24) is 10.2 Å². The first-order valence-electron chi connectivity index (χ1n) is 6.34. The Morgan fingerprint density at radius 3 is 2.50 bits per heavy atom. The maximum absolute atomic E-state index is 13.5. The van der Waals surface area contributed by atoms with Gasteiger partial charge in [-0.15, -0.1) is 0 Å². The number of nitrogens with zero attached hydrogens (tertiary/aromatic N) is 1. The van der Waals surface area contributed by atoms with Crippen LogP contribution in [-0.2, 0) is 0 Å². The van der Waals surface area contributed by atoms with Crippen molar-refractivity contribution < 1.29 is 17.6 Å². The highest BCUT2D eigenvalue weighted by atomic mass is 35.5. The molecule has 0 aromatic heterocycles. The van der Waals surface area contributed by atoms with Crippen LogP contribution in [0.5, 0.6) is 0 Å². The predicted octanol–water partition coefficient (Wildman–Crippen LogP) is 3.38. The number of benzene rings is 1. The third kappa shape index (κ3) is 3.84. The molecule has 0 spiro atoms. The molecule has 1 aliphatic heterocycles. The van der Waals surface area contributed by atoms with E-state index < -0.39 is 24.5 Å². The first kappa shape index (κ1) is 15.5. The average molecular weight is 311 g/mol. The van der Waals surface area contributed by atoms with Crippen LogP contribution in [0.1, 0.15) is 18.0 Å². The molecule has 1 fully saturated rings. The summed E-state index contributed by atoms with van der Waals surface area (Å²) in [6.45, 7) is 2.18. The highest BCUT2D eigenvalue weighted by Gasteiger charge is 2.37. The van der Waals surface area contributed by atoms with Crippen LogP contribution in [0.3, 0.4) is 0 Å². The molecule has 7 heteroatoms. The van der Waals surface area contributed by atoms with Gasteiger partial charge in [-0.3, -0.25) is 4.90 Å². The Balaban J connectivity index is 2.32. The molecule has 1 atom stereocenters. The van der Waals surface area contributed by atoms with Crippen LogP contribution >= 0.6 is 11.6 Å². The van der Waals surface area contributed by atoms with Gasteiger partial charge in [0, 0.05) is 32.2 Å². The van der Waals surface area contributed by atoms with Crippen LogP contribution in [-0.4, -0.2) is 37.3 Å². The van der Waals surface area contributed by atoms with Crippen molar-refractivity contribution in [3.8, 4) is 0 Å². The molecule has 0 radical (unpaired) electrons. The van der Waals surface area contributed by atoms with Gasteiger partial charge in [0.15, 0.2) is 0 Å². The summed E-state index contributed by atoms with van der Waals surface area (Å²) in [7, 11) is 0. The molecule has 0 bridgehead atoms. The molecule has 2 rings (SSSR count). The van der Waals surface area contributed by atoms with Gasteiger partial charge < -0.3 is 5.32 Å². The molecule has 1 aliphatic rings. The summed E-state index contributed by atoms with van der Waals surface area (Å²) in [5.41, 5.74) is 0.200. The predicted molar refractivity (Wildman–Crippen MR) is 69.3 cm³/mol. The molecule has 0 unspecified atom stereocenters. The van der Waals surface area contributed by atoms with E-state index in [4.69, 9.17) is 11.6 Å². The first-order valence-corrected chi connectivity index (χ1v) is 6.72. The molecule has 1 saturated heterocycles. The Morgan fingerprint density at radius 1 is 1.25 bits per heavy atom. The lowest BCUT2D eigenvalue weighted by Gasteiger charge is -2.36. The number of piperazine rings is 1. The highest BCUT2D eigenvalue weighted by molar-refractivity contribution is 6.31. The van der Waals surface area contributed by atoms with Crippen molar-refractivity contribution in [3.05, 3.63) is 34.6 Å². The van der Waals surface area contributed by atoms with Crippen LogP contribution < -0.4 is 5.32 Å². The Kier molecular flexibility index (Phi) is 4.88. The monoisotopic (exact) mass is 310 g/mol. The Labute approximate surface area is 119 Å². The van der Waals surface area contributed by atoms with Gasteiger partial charge >= 0.3 is 6.18 Å². The molecule has 1 N–H and O–H groups in total. The molecule has 1 aromatic rings. The highest BCUT2D eigenvalue weighted by Crippen LogP contribution is 2.37. The summed E-state index contributed by atoms with van der Waals surface area (Å²) in [5.74, 6) is -0.688. The number of hydrogen-bond donors (Lipinski definition) is 1. The first-order chi connectivity index (χ1) is 9.38. The van der Waals surface area contributed by atoms with Crippen molar-refractivity contribution in [2.45, 2.75) is 18.6 Å². The smallest absolute Gasteiger partial charge is 0.314 e. The van der Waals surface area contributed by atoms with Crippen molar-refractivity contribution in [2.24, 2.45) is 0 Å². The summed E-state index contributed by atoms with van der Waals surface area (Å²) in [6.07, 6.45) is -5.36. The lowest BCUT2D eigenvalue weighted by Crippen LogP contribution is -2.46. The van der Waals surface area contributed by atoms with E-state index in [0.717, 1.165) is 6.07 Å². The Bertz CT molecular complexity index is 458. The van der Waals surface area contributed by atoms with E-state index in [9.17, 15) is 17.6 Å². The molecule has 2 nitrogen and oxygen atoms in total. The quantitative estimate of drug-likeness (QED) is 0.861. The van der Waals surface area contributed by atoms with E-state index in [-0.39, 0.29) is 10.6 Å². The maximum atomic E-state index is 13.5. The second-order valence-corrected chi connectivity index (χ2v) is 5.14. The summed E-state index contributed by atoms with van der Waals surface area (Å²) >= 11 is 5.85. The van der Waals surface area contributed by atoms with Gasteiger partial charge in [-0.1, -0.05) is 23.7 Å². The zero-order valence-electron chi connectivity index (χ0n) is 10.7. The van der Waals surface area contributed by atoms with Crippen molar-refractivity contribution in [1.29, 1.82) is 0 Å². The van der Waals surface area contributed by atoms with Gasteiger partial charge in [0.05, 0.1) is 11.4 Å². The van der Waals surface area contributed by atoms with Crippen molar-refractivity contribution in [2.75, 3.05) is 26.2 Å². The second-order valence-electron chi connectivity index (χ2n) is 4.76. The normalized spacial score (nSPS) is 19.1. The largest absolute Gasteiger partial charge is 0.390 e. The number of rotatable bonds is 3. The minimum atomic E-state index is -4.33. The van der Waals surface area contributed by atoms with Crippen LogP contribution in [0.25, 0.3) is 0 Å². The van der Waals surface area contributed by atoms with Gasteiger partial charge in [-0.05, 0) is 11.6 Å². The van der Waals surface area contributed by atoms with Crippen molar-refractivity contribution >= 4 is 11.6 Å². The molecule has 20 heavy (non-hydrogen) atoms. The van der Waals surface area contributed by atoms with Gasteiger partial charge in [-0.25, -0.2) is 4.39 Å². The van der Waals surface area contributed by atoms with Crippen molar-refractivity contribution in [3.63, 3.8) is 0 Å². The SMILES string of the molecule is Fc1cccc([C@@H](CC(F)(F)F)N2CCNCC2)c1Cl.